The fraction of sp³-hybridized carbons (Fsp3) is 0.536. The summed E-state index contributed by atoms with van der Waals surface area (Å²) in [5.41, 5.74) is -2.40. The first-order valence-electron chi connectivity index (χ1n) is 14.0. The highest BCUT2D eigenvalue weighted by molar-refractivity contribution is 7.52. The number of amides is 2. The summed E-state index contributed by atoms with van der Waals surface area (Å²) in [5.74, 6) is -2.80. The second-order valence-corrected chi connectivity index (χ2v) is 14.9. The van der Waals surface area contributed by atoms with Gasteiger partial charge in [0.15, 0.2) is 5.69 Å². The minimum Gasteiger partial charge on any atom is -0.437 e. The Morgan fingerprint density at radius 2 is 1.44 bits per heavy atom. The van der Waals surface area contributed by atoms with Gasteiger partial charge in [-0.3, -0.25) is 28.2 Å². The molecule has 0 aliphatic carbocycles. The number of piperidine rings is 1. The third-order valence-corrected chi connectivity index (χ3v) is 8.52. The molecule has 0 bridgehead atoms. The van der Waals surface area contributed by atoms with E-state index < -0.39 is 55.9 Å². The minimum atomic E-state index is -4.65. The van der Waals surface area contributed by atoms with Gasteiger partial charge in [-0.05, 0) is 79.6 Å². The van der Waals surface area contributed by atoms with E-state index in [9.17, 15) is 23.7 Å². The van der Waals surface area contributed by atoms with E-state index >= 15 is 0 Å². The van der Waals surface area contributed by atoms with Gasteiger partial charge in [0.05, 0.1) is 38.3 Å². The summed E-state index contributed by atoms with van der Waals surface area (Å²) in [4.78, 5) is 51.3. The fourth-order valence-electron chi connectivity index (χ4n) is 3.75. The Kier molecular flexibility index (Phi) is 12.2. The zero-order valence-corrected chi connectivity index (χ0v) is 28.3. The topological polar surface area (TPSA) is 176 Å². The van der Waals surface area contributed by atoms with Crippen LogP contribution in [0.5, 0.6) is 0 Å². The van der Waals surface area contributed by atoms with Crippen molar-refractivity contribution in [3.05, 3.63) is 45.7 Å². The van der Waals surface area contributed by atoms with E-state index in [0.29, 0.717) is 30.4 Å². The normalized spacial score (nSPS) is 14.5. The largest absolute Gasteiger partial charge is 0.460 e. The van der Waals surface area contributed by atoms with Gasteiger partial charge >= 0.3 is 19.7 Å². The highest BCUT2D eigenvalue weighted by Crippen LogP contribution is 2.50. The number of hydrogen-bond acceptors (Lipinski definition) is 11. The molecule has 0 saturated carbocycles. The highest BCUT2D eigenvalue weighted by Gasteiger charge is 2.36. The molecule has 0 atom stereocenters. The van der Waals surface area contributed by atoms with Gasteiger partial charge in [0.25, 0.3) is 11.8 Å². The van der Waals surface area contributed by atoms with E-state index in [0.717, 1.165) is 6.20 Å². The Morgan fingerprint density at radius 1 is 0.933 bits per heavy atom. The molecule has 0 spiro atoms. The molecule has 2 amide bonds. The van der Waals surface area contributed by atoms with E-state index in [1.54, 1.807) is 47.6 Å². The molecule has 1 aromatic carbocycles. The third-order valence-electron chi connectivity index (χ3n) is 6.32. The maximum absolute atomic E-state index is 14.1. The highest BCUT2D eigenvalue weighted by atomic mass is 35.5. The number of anilines is 1. The van der Waals surface area contributed by atoms with Crippen molar-refractivity contribution in [1.82, 2.24) is 20.2 Å². The maximum atomic E-state index is 14.1. The van der Waals surface area contributed by atoms with E-state index in [2.05, 4.69) is 21.0 Å². The number of carbonyl (C=O) groups is 4. The lowest BCUT2D eigenvalue weighted by Gasteiger charge is -2.23. The van der Waals surface area contributed by atoms with Gasteiger partial charge in [-0.1, -0.05) is 29.3 Å². The Labute approximate surface area is 271 Å². The number of esters is 2. The molecule has 45 heavy (non-hydrogen) atoms. The summed E-state index contributed by atoms with van der Waals surface area (Å²) in [5, 5.41) is 12.8. The predicted octanol–water partition coefficient (Wildman–Crippen LogP) is 5.01. The lowest BCUT2D eigenvalue weighted by atomic mass is 9.98. The molecule has 1 aliphatic rings. The smallest absolute Gasteiger partial charge is 0.437 e. The zero-order chi connectivity index (χ0) is 33.6. The van der Waals surface area contributed by atoms with Crippen molar-refractivity contribution in [2.75, 3.05) is 32.0 Å². The number of ether oxygens (including phenoxy) is 2. The quantitative estimate of drug-likeness (QED) is 0.164. The number of nitrogens with zero attached hydrogens (tertiary/aromatic N) is 2. The SMILES string of the molecule is CC(C)(C)C(=O)OCOP(=O)(OCOC(=O)C(C)(C)C)n1cc(NC(=O)c2c(Cl)cccc2Cl)c(C(=O)NC2CCNCC2)n1. The zero-order valence-electron chi connectivity index (χ0n) is 25.9. The van der Waals surface area contributed by atoms with E-state index in [1.807, 2.05) is 0 Å². The van der Waals surface area contributed by atoms with Crippen LogP contribution in [0.1, 0.15) is 75.2 Å². The summed E-state index contributed by atoms with van der Waals surface area (Å²) >= 11 is 12.4. The maximum Gasteiger partial charge on any atom is 0.460 e. The molecule has 1 aliphatic heterocycles. The van der Waals surface area contributed by atoms with Crippen LogP contribution in [0.25, 0.3) is 0 Å². The molecular weight excluding hydrogens is 652 g/mol. The lowest BCUT2D eigenvalue weighted by molar-refractivity contribution is -0.162. The van der Waals surface area contributed by atoms with Gasteiger partial charge in [-0.2, -0.15) is 9.55 Å². The first kappa shape index (κ1) is 36.5. The van der Waals surface area contributed by atoms with Crippen LogP contribution < -0.4 is 16.0 Å². The van der Waals surface area contributed by atoms with Gasteiger partial charge in [0.2, 0.25) is 13.6 Å². The molecule has 17 heteroatoms. The number of halogens is 2. The minimum absolute atomic E-state index is 0.0479. The van der Waals surface area contributed by atoms with Crippen molar-refractivity contribution >= 4 is 60.4 Å². The number of hydrogen-bond donors (Lipinski definition) is 3. The molecule has 2 aromatic rings. The summed E-state index contributed by atoms with van der Waals surface area (Å²) < 4.78 is 35.7. The molecule has 2 heterocycles. The Hall–Kier alpha value is -3.00. The van der Waals surface area contributed by atoms with Crippen LogP contribution in [0.4, 0.5) is 5.69 Å². The summed E-state index contributed by atoms with van der Waals surface area (Å²) in [6, 6.07) is 4.29. The molecule has 248 valence electrons. The van der Waals surface area contributed by atoms with Gasteiger partial charge < -0.3 is 25.4 Å². The molecule has 1 saturated heterocycles. The second kappa shape index (κ2) is 15.1. The first-order chi connectivity index (χ1) is 20.9. The Bertz CT molecular complexity index is 1410. The van der Waals surface area contributed by atoms with Gasteiger partial charge in [0, 0.05) is 6.04 Å². The average Bonchev–Trinajstić information content (AvgIpc) is 3.37. The van der Waals surface area contributed by atoms with Gasteiger partial charge in [-0.15, -0.1) is 0 Å². The van der Waals surface area contributed by atoms with Crippen molar-refractivity contribution in [3.63, 3.8) is 0 Å². The number of nitrogens with one attached hydrogen (secondary N) is 3. The summed E-state index contributed by atoms with van der Waals surface area (Å²) in [7, 11) is -4.65. The van der Waals surface area contributed by atoms with E-state index in [1.165, 1.54) is 12.1 Å². The first-order valence-corrected chi connectivity index (χ1v) is 16.3. The molecule has 14 nitrogen and oxygen atoms in total. The van der Waals surface area contributed by atoms with Crippen LogP contribution >= 0.6 is 30.9 Å². The van der Waals surface area contributed by atoms with Crippen LogP contribution in [0.3, 0.4) is 0 Å². The van der Waals surface area contributed by atoms with Crippen LogP contribution in [0, 0.1) is 10.8 Å². The van der Waals surface area contributed by atoms with Gasteiger partial charge in [-0.25, -0.2) is 4.57 Å². The van der Waals surface area contributed by atoms with Crippen molar-refractivity contribution in [3.8, 4) is 0 Å². The number of aromatic nitrogens is 2. The predicted molar refractivity (Wildman–Crippen MR) is 166 cm³/mol. The van der Waals surface area contributed by atoms with Crippen LogP contribution in [0.15, 0.2) is 24.4 Å². The Morgan fingerprint density at radius 3 is 1.93 bits per heavy atom. The summed E-state index contributed by atoms with van der Waals surface area (Å²) in [6.07, 6.45) is 2.33. The fourth-order valence-corrected chi connectivity index (χ4v) is 5.46. The monoisotopic (exact) mass is 689 g/mol. The van der Waals surface area contributed by atoms with Crippen molar-refractivity contribution < 1.29 is 42.3 Å². The molecule has 0 unspecified atom stereocenters. The van der Waals surface area contributed by atoms with Crippen molar-refractivity contribution in [2.24, 2.45) is 10.8 Å². The number of carbonyl (C=O) groups excluding carboxylic acids is 4. The van der Waals surface area contributed by atoms with Gasteiger partial charge in [0.1, 0.15) is 0 Å². The lowest BCUT2D eigenvalue weighted by Crippen LogP contribution is -2.43. The molecule has 0 radical (unpaired) electrons. The summed E-state index contributed by atoms with van der Waals surface area (Å²) in [6.45, 7) is 9.35. The van der Waals surface area contributed by atoms with E-state index in [4.69, 9.17) is 41.7 Å². The second-order valence-electron chi connectivity index (χ2n) is 12.2. The third kappa shape index (κ3) is 9.99. The Balaban J connectivity index is 1.99. The van der Waals surface area contributed by atoms with Crippen molar-refractivity contribution in [1.29, 1.82) is 0 Å². The van der Waals surface area contributed by atoms with Crippen LogP contribution in [0.2, 0.25) is 10.0 Å². The molecule has 3 N–H and O–H groups in total. The molecular formula is C28H38Cl2N5O9P. The molecule has 3 rings (SSSR count). The molecule has 1 aromatic heterocycles. The van der Waals surface area contributed by atoms with Crippen LogP contribution in [-0.2, 0) is 32.7 Å². The van der Waals surface area contributed by atoms with Crippen molar-refractivity contribution in [2.45, 2.75) is 60.4 Å². The number of benzene rings is 1. The average molecular weight is 691 g/mol. The number of rotatable bonds is 11. The molecule has 1 fully saturated rings. The van der Waals surface area contributed by atoms with Crippen LogP contribution in [-0.4, -0.2) is 66.0 Å². The standard InChI is InChI=1S/C28H38Cl2N5O9P/c1-27(2,3)25(38)41-15-43-45(40,44-16-42-26(39)28(4,5)6)35-14-20(33-23(36)21-18(29)8-7-9-19(21)30)22(34-35)24(37)32-17-10-12-31-13-11-17/h7-9,14,17,31H,10-13,15-16H2,1-6H3,(H,32,37)(H,33,36). The van der Waals surface area contributed by atoms with E-state index in [-0.39, 0.29) is 33.0 Å².